The molecule has 5 nitrogen and oxygen atoms in total. The lowest BCUT2D eigenvalue weighted by atomic mass is 10.1. The molecule has 5 heteroatoms. The zero-order valence-corrected chi connectivity index (χ0v) is 14.3. The minimum absolute atomic E-state index is 0.0334. The van der Waals surface area contributed by atoms with Gasteiger partial charge in [-0.05, 0) is 18.6 Å². The number of aryl methyl sites for hydroxylation is 1. The lowest BCUT2D eigenvalue weighted by Crippen LogP contribution is -1.94. The van der Waals surface area contributed by atoms with Gasteiger partial charge in [-0.15, -0.1) is 0 Å². The fourth-order valence-corrected chi connectivity index (χ4v) is 2.70. The van der Waals surface area contributed by atoms with Gasteiger partial charge in [0.1, 0.15) is 5.76 Å². The number of aromatic nitrogens is 1. The summed E-state index contributed by atoms with van der Waals surface area (Å²) in [4.78, 5) is 14.8. The number of hydrogen-bond acceptors (Lipinski definition) is 4. The molecule has 0 aliphatic rings. The standard InChI is InChI=1S/C19H26N2O3/c1-2-3-4-5-6-7-8-10-15-13-20-19(24-15)16-11-9-12-17(18(16)23)21-14-22/h9,11-14,23H,2-8,10H2,1H3,(H,21,22). The molecule has 0 fully saturated rings. The molecular weight excluding hydrogens is 304 g/mol. The molecule has 1 aromatic heterocycles. The number of unbranched alkanes of at least 4 members (excludes halogenated alkanes) is 6. The molecule has 0 unspecified atom stereocenters. The van der Waals surface area contributed by atoms with Crippen LogP contribution in [0.4, 0.5) is 5.69 Å². The van der Waals surface area contributed by atoms with Crippen LogP contribution >= 0.6 is 0 Å². The Labute approximate surface area is 143 Å². The highest BCUT2D eigenvalue weighted by Crippen LogP contribution is 2.34. The third-order valence-electron chi connectivity index (χ3n) is 4.06. The van der Waals surface area contributed by atoms with Crippen molar-refractivity contribution in [1.82, 2.24) is 4.98 Å². The van der Waals surface area contributed by atoms with E-state index in [1.165, 1.54) is 38.5 Å². The molecule has 0 saturated heterocycles. The van der Waals surface area contributed by atoms with Gasteiger partial charge in [0, 0.05) is 6.42 Å². The maximum Gasteiger partial charge on any atom is 0.230 e. The van der Waals surface area contributed by atoms with E-state index < -0.39 is 0 Å². The molecule has 0 aliphatic heterocycles. The number of hydrogen-bond donors (Lipinski definition) is 2. The Kier molecular flexibility index (Phi) is 7.33. The first-order valence-corrected chi connectivity index (χ1v) is 8.73. The lowest BCUT2D eigenvalue weighted by molar-refractivity contribution is -0.105. The van der Waals surface area contributed by atoms with Crippen LogP contribution in [-0.4, -0.2) is 16.5 Å². The molecule has 2 rings (SSSR count). The molecule has 0 saturated carbocycles. The summed E-state index contributed by atoms with van der Waals surface area (Å²) < 4.78 is 5.74. The van der Waals surface area contributed by atoms with E-state index in [2.05, 4.69) is 17.2 Å². The maximum absolute atomic E-state index is 10.5. The Morgan fingerprint density at radius 2 is 1.92 bits per heavy atom. The first-order valence-electron chi connectivity index (χ1n) is 8.73. The number of anilines is 1. The summed E-state index contributed by atoms with van der Waals surface area (Å²) >= 11 is 0. The van der Waals surface area contributed by atoms with Gasteiger partial charge >= 0.3 is 0 Å². The summed E-state index contributed by atoms with van der Waals surface area (Å²) in [5.41, 5.74) is 0.821. The van der Waals surface area contributed by atoms with E-state index in [9.17, 15) is 9.90 Å². The molecule has 2 N–H and O–H groups in total. The fourth-order valence-electron chi connectivity index (χ4n) is 2.70. The van der Waals surface area contributed by atoms with Gasteiger partial charge in [-0.1, -0.05) is 51.5 Å². The van der Waals surface area contributed by atoms with Gasteiger partial charge in [0.2, 0.25) is 12.3 Å². The number of phenols is 1. The highest BCUT2D eigenvalue weighted by Gasteiger charge is 2.13. The third kappa shape index (κ3) is 5.11. The van der Waals surface area contributed by atoms with Crippen molar-refractivity contribution in [2.75, 3.05) is 5.32 Å². The Morgan fingerprint density at radius 1 is 1.17 bits per heavy atom. The number of rotatable bonds is 11. The van der Waals surface area contributed by atoms with E-state index in [1.54, 1.807) is 24.4 Å². The average Bonchev–Trinajstić information content (AvgIpc) is 3.05. The number of nitrogens with one attached hydrogen (secondary N) is 1. The number of aromatic hydroxyl groups is 1. The molecule has 1 amide bonds. The van der Waals surface area contributed by atoms with Crippen molar-refractivity contribution < 1.29 is 14.3 Å². The van der Waals surface area contributed by atoms with Crippen LogP contribution < -0.4 is 5.32 Å². The summed E-state index contributed by atoms with van der Waals surface area (Å²) in [5, 5.41) is 12.6. The largest absolute Gasteiger partial charge is 0.505 e. The zero-order chi connectivity index (χ0) is 17.2. The Morgan fingerprint density at radius 3 is 2.67 bits per heavy atom. The monoisotopic (exact) mass is 330 g/mol. The van der Waals surface area contributed by atoms with Gasteiger partial charge < -0.3 is 14.8 Å². The number of benzene rings is 1. The van der Waals surface area contributed by atoms with Crippen LogP contribution in [0.15, 0.2) is 28.8 Å². The van der Waals surface area contributed by atoms with Crippen LogP contribution in [0.2, 0.25) is 0 Å². The molecule has 0 atom stereocenters. The first-order chi connectivity index (χ1) is 11.8. The first kappa shape index (κ1) is 18.0. The minimum Gasteiger partial charge on any atom is -0.505 e. The molecule has 2 aromatic rings. The van der Waals surface area contributed by atoms with Crippen molar-refractivity contribution >= 4 is 12.1 Å². The van der Waals surface area contributed by atoms with E-state index in [0.29, 0.717) is 23.6 Å². The van der Waals surface area contributed by atoms with Gasteiger partial charge in [-0.3, -0.25) is 4.79 Å². The highest BCUT2D eigenvalue weighted by molar-refractivity contribution is 5.81. The second-order valence-electron chi connectivity index (χ2n) is 5.97. The normalized spacial score (nSPS) is 10.7. The second kappa shape index (κ2) is 9.75. The quantitative estimate of drug-likeness (QED) is 0.349. The molecule has 24 heavy (non-hydrogen) atoms. The number of carbonyl (C=O) groups excluding carboxylic acids is 1. The van der Waals surface area contributed by atoms with Gasteiger partial charge in [0.25, 0.3) is 0 Å². The molecular formula is C19H26N2O3. The van der Waals surface area contributed by atoms with Crippen LogP contribution in [0.1, 0.15) is 57.6 Å². The summed E-state index contributed by atoms with van der Waals surface area (Å²) in [5.74, 6) is 1.17. The number of oxazole rings is 1. The number of phenolic OH excluding ortho intramolecular Hbond substituents is 1. The van der Waals surface area contributed by atoms with Crippen molar-refractivity contribution in [3.63, 3.8) is 0 Å². The van der Waals surface area contributed by atoms with Crippen molar-refractivity contribution in [3.8, 4) is 17.2 Å². The maximum atomic E-state index is 10.5. The highest BCUT2D eigenvalue weighted by atomic mass is 16.4. The van der Waals surface area contributed by atoms with Crippen molar-refractivity contribution in [2.24, 2.45) is 0 Å². The van der Waals surface area contributed by atoms with Crippen molar-refractivity contribution in [1.29, 1.82) is 0 Å². The van der Waals surface area contributed by atoms with Crippen molar-refractivity contribution in [3.05, 3.63) is 30.2 Å². The molecule has 0 radical (unpaired) electrons. The smallest absolute Gasteiger partial charge is 0.230 e. The van der Waals surface area contributed by atoms with Crippen molar-refractivity contribution in [2.45, 2.75) is 58.3 Å². The van der Waals surface area contributed by atoms with Crippen LogP contribution in [-0.2, 0) is 11.2 Å². The Bertz CT molecular complexity index is 637. The third-order valence-corrected chi connectivity index (χ3v) is 4.06. The lowest BCUT2D eigenvalue weighted by Gasteiger charge is -2.05. The van der Waals surface area contributed by atoms with E-state index in [4.69, 9.17) is 4.42 Å². The van der Waals surface area contributed by atoms with E-state index in [1.807, 2.05) is 0 Å². The van der Waals surface area contributed by atoms with E-state index >= 15 is 0 Å². The molecule has 0 spiro atoms. The molecule has 130 valence electrons. The number of para-hydroxylation sites is 1. The van der Waals surface area contributed by atoms with Gasteiger partial charge in [-0.2, -0.15) is 0 Å². The summed E-state index contributed by atoms with van der Waals surface area (Å²) in [6.07, 6.45) is 11.9. The van der Waals surface area contributed by atoms with Gasteiger partial charge in [0.05, 0.1) is 17.4 Å². The SMILES string of the molecule is CCCCCCCCCc1cnc(-c2cccc(NC=O)c2O)o1. The number of carbonyl (C=O) groups is 1. The summed E-state index contributed by atoms with van der Waals surface area (Å²) in [6.45, 7) is 2.23. The number of amides is 1. The number of nitrogens with zero attached hydrogens (tertiary/aromatic N) is 1. The van der Waals surface area contributed by atoms with Crippen LogP contribution in [0, 0.1) is 0 Å². The van der Waals surface area contributed by atoms with Gasteiger partial charge in [0.15, 0.2) is 5.75 Å². The Hall–Kier alpha value is -2.30. The molecule has 1 aromatic carbocycles. The van der Waals surface area contributed by atoms with E-state index in [0.717, 1.165) is 18.6 Å². The van der Waals surface area contributed by atoms with Crippen LogP contribution in [0.5, 0.6) is 5.75 Å². The van der Waals surface area contributed by atoms with Crippen LogP contribution in [0.3, 0.4) is 0 Å². The minimum atomic E-state index is -0.0334. The average molecular weight is 330 g/mol. The summed E-state index contributed by atoms with van der Waals surface area (Å²) in [7, 11) is 0. The Balaban J connectivity index is 1.87. The molecule has 1 heterocycles. The zero-order valence-electron chi connectivity index (χ0n) is 14.3. The topological polar surface area (TPSA) is 75.4 Å². The molecule has 0 aliphatic carbocycles. The predicted octanol–water partition coefficient (Wildman–Crippen LogP) is 4.91. The van der Waals surface area contributed by atoms with Crippen LogP contribution in [0.25, 0.3) is 11.5 Å². The predicted molar refractivity (Wildman–Crippen MR) is 95.0 cm³/mol. The fraction of sp³-hybridized carbons (Fsp3) is 0.474. The van der Waals surface area contributed by atoms with E-state index in [-0.39, 0.29) is 5.75 Å². The molecule has 0 bridgehead atoms. The summed E-state index contributed by atoms with van der Waals surface area (Å²) in [6, 6.07) is 5.07. The second-order valence-corrected chi connectivity index (χ2v) is 5.97. The van der Waals surface area contributed by atoms with Gasteiger partial charge in [-0.25, -0.2) is 4.98 Å².